The summed E-state index contributed by atoms with van der Waals surface area (Å²) in [6.45, 7) is 3.45. The van der Waals surface area contributed by atoms with Gasteiger partial charge in [0.05, 0.1) is 0 Å². The number of hydrogen-bond donors (Lipinski definition) is 2. The number of nitrogens with zero attached hydrogens (tertiary/aromatic N) is 2. The number of amides is 1. The highest BCUT2D eigenvalue weighted by Crippen LogP contribution is 2.21. The fraction of sp³-hybridized carbons (Fsp3) is 0.105. The Morgan fingerprint density at radius 3 is 2.48 bits per heavy atom. The van der Waals surface area contributed by atoms with Gasteiger partial charge in [0.25, 0.3) is 5.91 Å². The van der Waals surface area contributed by atoms with Gasteiger partial charge in [0.15, 0.2) is 11.6 Å². The number of halogens is 3. The summed E-state index contributed by atoms with van der Waals surface area (Å²) in [5, 5.41) is 6.17. The molecule has 1 aromatic heterocycles. The molecule has 2 N–H and O–H groups in total. The van der Waals surface area contributed by atoms with Gasteiger partial charge in [-0.1, -0.05) is 11.6 Å². The quantitative estimate of drug-likeness (QED) is 0.658. The van der Waals surface area contributed by atoms with E-state index >= 15 is 0 Å². The first kappa shape index (κ1) is 18.7. The average molecular weight is 389 g/mol. The Bertz CT molecular complexity index is 1030. The minimum absolute atomic E-state index is 0.127. The molecule has 1 amide bonds. The molecule has 3 aromatic rings. The van der Waals surface area contributed by atoms with E-state index in [0.717, 1.165) is 17.7 Å². The van der Waals surface area contributed by atoms with Crippen LogP contribution in [0.15, 0.2) is 42.5 Å². The van der Waals surface area contributed by atoms with Crippen LogP contribution in [-0.2, 0) is 0 Å². The number of aromatic nitrogens is 2. The Kier molecular flexibility index (Phi) is 5.32. The molecule has 1 heterocycles. The van der Waals surface area contributed by atoms with Crippen LogP contribution in [0.3, 0.4) is 0 Å². The van der Waals surface area contributed by atoms with Crippen LogP contribution in [0.1, 0.15) is 21.9 Å². The lowest BCUT2D eigenvalue weighted by Gasteiger charge is -2.11. The first-order valence-electron chi connectivity index (χ1n) is 7.97. The van der Waals surface area contributed by atoms with Crippen LogP contribution in [0, 0.1) is 25.5 Å². The van der Waals surface area contributed by atoms with Gasteiger partial charge in [-0.15, -0.1) is 0 Å². The molecular weight excluding hydrogens is 374 g/mol. The second-order valence-electron chi connectivity index (χ2n) is 5.85. The van der Waals surface area contributed by atoms with Crippen molar-refractivity contribution in [1.82, 2.24) is 9.97 Å². The molecule has 0 spiro atoms. The van der Waals surface area contributed by atoms with Crippen molar-refractivity contribution >= 4 is 34.7 Å². The lowest BCUT2D eigenvalue weighted by atomic mass is 10.2. The van der Waals surface area contributed by atoms with E-state index in [1.807, 2.05) is 6.92 Å². The molecule has 0 aliphatic heterocycles. The number of hydrogen-bond acceptors (Lipinski definition) is 4. The van der Waals surface area contributed by atoms with E-state index in [0.29, 0.717) is 22.2 Å². The minimum Gasteiger partial charge on any atom is -0.340 e. The summed E-state index contributed by atoms with van der Waals surface area (Å²) < 4.78 is 26.4. The van der Waals surface area contributed by atoms with Crippen molar-refractivity contribution in [2.75, 3.05) is 10.6 Å². The molecule has 0 unspecified atom stereocenters. The van der Waals surface area contributed by atoms with Gasteiger partial charge in [0, 0.05) is 28.5 Å². The second-order valence-corrected chi connectivity index (χ2v) is 6.29. The average Bonchev–Trinajstić information content (AvgIpc) is 2.60. The van der Waals surface area contributed by atoms with Gasteiger partial charge in [-0.3, -0.25) is 4.79 Å². The predicted octanol–water partition coefficient (Wildman–Crippen LogP) is 5.02. The van der Waals surface area contributed by atoms with Crippen molar-refractivity contribution in [1.29, 1.82) is 0 Å². The van der Waals surface area contributed by atoms with Crippen LogP contribution in [0.5, 0.6) is 0 Å². The lowest BCUT2D eigenvalue weighted by Crippen LogP contribution is -2.16. The zero-order valence-electron chi connectivity index (χ0n) is 14.5. The van der Waals surface area contributed by atoms with Crippen LogP contribution in [0.4, 0.5) is 26.0 Å². The molecule has 0 aliphatic carbocycles. The van der Waals surface area contributed by atoms with Crippen molar-refractivity contribution in [3.8, 4) is 0 Å². The van der Waals surface area contributed by atoms with Crippen LogP contribution < -0.4 is 10.6 Å². The van der Waals surface area contributed by atoms with Crippen molar-refractivity contribution in [3.63, 3.8) is 0 Å². The number of carbonyl (C=O) groups excluding carboxylic acids is 1. The topological polar surface area (TPSA) is 66.9 Å². The molecule has 27 heavy (non-hydrogen) atoms. The number of aryl methyl sites for hydroxylation is 2. The van der Waals surface area contributed by atoms with E-state index in [4.69, 9.17) is 11.6 Å². The van der Waals surface area contributed by atoms with Gasteiger partial charge in [-0.05, 0) is 49.7 Å². The van der Waals surface area contributed by atoms with Crippen LogP contribution in [0.25, 0.3) is 0 Å². The van der Waals surface area contributed by atoms with Gasteiger partial charge >= 0.3 is 0 Å². The Balaban J connectivity index is 1.83. The van der Waals surface area contributed by atoms with E-state index < -0.39 is 17.5 Å². The smallest absolute Gasteiger partial charge is 0.274 e. The maximum atomic E-state index is 13.4. The molecule has 0 fully saturated rings. The third kappa shape index (κ3) is 4.57. The zero-order valence-corrected chi connectivity index (χ0v) is 15.2. The molecule has 3 rings (SSSR count). The van der Waals surface area contributed by atoms with Gasteiger partial charge in [-0.2, -0.15) is 0 Å². The normalized spacial score (nSPS) is 10.6. The van der Waals surface area contributed by atoms with Crippen molar-refractivity contribution in [2.24, 2.45) is 0 Å². The molecule has 8 heteroatoms. The van der Waals surface area contributed by atoms with Crippen LogP contribution in [-0.4, -0.2) is 15.9 Å². The summed E-state index contributed by atoms with van der Waals surface area (Å²) in [7, 11) is 0. The van der Waals surface area contributed by atoms with E-state index in [2.05, 4.69) is 20.6 Å². The molecule has 0 saturated carbocycles. The maximum absolute atomic E-state index is 13.4. The van der Waals surface area contributed by atoms with Crippen LogP contribution >= 0.6 is 11.6 Å². The first-order valence-corrected chi connectivity index (χ1v) is 8.35. The second kappa shape index (κ2) is 7.67. The fourth-order valence-corrected chi connectivity index (χ4v) is 2.65. The number of carbonyl (C=O) groups is 1. The number of anilines is 3. The summed E-state index contributed by atoms with van der Waals surface area (Å²) in [5.74, 6) is -1.73. The molecule has 0 atom stereocenters. The number of rotatable bonds is 4. The first-order chi connectivity index (χ1) is 12.8. The molecule has 138 valence electrons. The highest BCUT2D eigenvalue weighted by molar-refractivity contribution is 6.30. The van der Waals surface area contributed by atoms with Crippen LogP contribution in [0.2, 0.25) is 5.02 Å². The third-order valence-electron chi connectivity index (χ3n) is 3.70. The van der Waals surface area contributed by atoms with Gasteiger partial charge in [0.1, 0.15) is 17.3 Å². The van der Waals surface area contributed by atoms with E-state index in [9.17, 15) is 13.6 Å². The number of benzene rings is 2. The molecule has 0 saturated heterocycles. The monoisotopic (exact) mass is 388 g/mol. The molecule has 5 nitrogen and oxygen atoms in total. The summed E-state index contributed by atoms with van der Waals surface area (Å²) in [6.07, 6.45) is 0. The molecule has 0 bridgehead atoms. The molecule has 0 aliphatic rings. The van der Waals surface area contributed by atoms with Gasteiger partial charge in [0.2, 0.25) is 0 Å². The van der Waals surface area contributed by atoms with E-state index in [-0.39, 0.29) is 11.5 Å². The Morgan fingerprint density at radius 2 is 1.78 bits per heavy atom. The summed E-state index contributed by atoms with van der Waals surface area (Å²) in [5.41, 5.74) is 1.84. The molecular formula is C19H15ClF2N4O. The predicted molar refractivity (Wildman–Crippen MR) is 101 cm³/mol. The van der Waals surface area contributed by atoms with Gasteiger partial charge in [-0.25, -0.2) is 18.7 Å². The highest BCUT2D eigenvalue weighted by atomic mass is 35.5. The van der Waals surface area contributed by atoms with Crippen molar-refractivity contribution in [2.45, 2.75) is 13.8 Å². The largest absolute Gasteiger partial charge is 0.340 e. The van der Waals surface area contributed by atoms with Crippen molar-refractivity contribution in [3.05, 3.63) is 76.2 Å². The van der Waals surface area contributed by atoms with Gasteiger partial charge < -0.3 is 10.6 Å². The molecule has 0 radical (unpaired) electrons. The lowest BCUT2D eigenvalue weighted by molar-refractivity contribution is 0.102. The van der Waals surface area contributed by atoms with E-state index in [1.165, 1.54) is 12.1 Å². The minimum atomic E-state index is -0.984. The third-order valence-corrected chi connectivity index (χ3v) is 3.93. The maximum Gasteiger partial charge on any atom is 0.274 e. The zero-order chi connectivity index (χ0) is 19.6. The molecule has 2 aromatic carbocycles. The van der Waals surface area contributed by atoms with Crippen molar-refractivity contribution < 1.29 is 13.6 Å². The van der Waals surface area contributed by atoms with E-state index in [1.54, 1.807) is 25.1 Å². The summed E-state index contributed by atoms with van der Waals surface area (Å²) in [4.78, 5) is 20.8. The summed E-state index contributed by atoms with van der Waals surface area (Å²) in [6, 6.07) is 9.90. The Hall–Kier alpha value is -3.06. The fourth-order valence-electron chi connectivity index (χ4n) is 2.42. The standard InChI is InChI=1S/C19H15ClF2N4O/c1-10-7-12(20)3-6-16(10)26-19(27)17-9-18(24-11(2)23-17)25-13-4-5-14(21)15(22)8-13/h3-9H,1-2H3,(H,26,27)(H,23,24,25). The number of nitrogens with one attached hydrogen (secondary N) is 2. The SMILES string of the molecule is Cc1nc(Nc2ccc(F)c(F)c2)cc(C(=O)Nc2ccc(Cl)cc2C)n1. The summed E-state index contributed by atoms with van der Waals surface area (Å²) >= 11 is 5.92. The Morgan fingerprint density at radius 1 is 1.00 bits per heavy atom. The Labute approximate surface area is 159 Å². The highest BCUT2D eigenvalue weighted by Gasteiger charge is 2.13.